The van der Waals surface area contributed by atoms with E-state index in [0.717, 1.165) is 13.0 Å². The quantitative estimate of drug-likeness (QED) is 0.873. The van der Waals surface area contributed by atoms with Gasteiger partial charge in [0.2, 0.25) is 0 Å². The van der Waals surface area contributed by atoms with E-state index >= 15 is 0 Å². The summed E-state index contributed by atoms with van der Waals surface area (Å²) in [6, 6.07) is 8.77. The van der Waals surface area contributed by atoms with Crippen molar-refractivity contribution in [2.24, 2.45) is 7.05 Å². The smallest absolute Gasteiger partial charge is 0.0521 e. The Kier molecular flexibility index (Phi) is 4.15. The maximum Gasteiger partial charge on any atom is 0.0521 e. The Bertz CT molecular complexity index is 502. The molecule has 1 unspecified atom stereocenters. The highest BCUT2D eigenvalue weighted by molar-refractivity contribution is 5.27. The van der Waals surface area contributed by atoms with Crippen LogP contribution in [0.1, 0.15) is 22.6 Å². The molecule has 1 N–H and O–H groups in total. The molecule has 0 fully saturated rings. The van der Waals surface area contributed by atoms with Gasteiger partial charge in [0.05, 0.1) is 6.20 Å². The summed E-state index contributed by atoms with van der Waals surface area (Å²) < 4.78 is 1.86. The van der Waals surface area contributed by atoms with E-state index in [9.17, 15) is 0 Å². The average Bonchev–Trinajstić information content (AvgIpc) is 2.74. The van der Waals surface area contributed by atoms with Gasteiger partial charge in [0, 0.05) is 25.7 Å². The summed E-state index contributed by atoms with van der Waals surface area (Å²) in [4.78, 5) is 0. The van der Waals surface area contributed by atoms with Crippen LogP contribution in [0.3, 0.4) is 0 Å². The Morgan fingerprint density at radius 1 is 1.39 bits per heavy atom. The Labute approximate surface area is 109 Å². The lowest BCUT2D eigenvalue weighted by atomic mass is 9.92. The van der Waals surface area contributed by atoms with E-state index in [2.05, 4.69) is 47.8 Å². The Morgan fingerprint density at radius 3 is 2.83 bits per heavy atom. The van der Waals surface area contributed by atoms with Crippen molar-refractivity contribution in [3.63, 3.8) is 0 Å². The van der Waals surface area contributed by atoms with Crippen molar-refractivity contribution in [3.8, 4) is 0 Å². The van der Waals surface area contributed by atoms with E-state index in [1.165, 1.54) is 16.7 Å². The van der Waals surface area contributed by atoms with Crippen molar-refractivity contribution in [1.29, 1.82) is 0 Å². The highest BCUT2D eigenvalue weighted by atomic mass is 15.2. The summed E-state index contributed by atoms with van der Waals surface area (Å²) in [6.45, 7) is 3.13. The van der Waals surface area contributed by atoms with Gasteiger partial charge in [-0.05, 0) is 31.5 Å². The molecule has 2 rings (SSSR count). The van der Waals surface area contributed by atoms with Crippen LogP contribution in [0, 0.1) is 6.92 Å². The van der Waals surface area contributed by atoms with E-state index < -0.39 is 0 Å². The Morgan fingerprint density at radius 2 is 2.22 bits per heavy atom. The second-order valence-corrected chi connectivity index (χ2v) is 4.90. The molecule has 3 heteroatoms. The summed E-state index contributed by atoms with van der Waals surface area (Å²) in [5.74, 6) is 0.499. The topological polar surface area (TPSA) is 29.9 Å². The second-order valence-electron chi connectivity index (χ2n) is 4.90. The maximum absolute atomic E-state index is 4.24. The van der Waals surface area contributed by atoms with Crippen LogP contribution in [0.2, 0.25) is 0 Å². The predicted molar refractivity (Wildman–Crippen MR) is 74.8 cm³/mol. The zero-order valence-corrected chi connectivity index (χ0v) is 11.4. The summed E-state index contributed by atoms with van der Waals surface area (Å²) in [6.07, 6.45) is 5.08. The Balaban J connectivity index is 2.17. The first kappa shape index (κ1) is 12.8. The largest absolute Gasteiger partial charge is 0.319 e. The predicted octanol–water partition coefficient (Wildman–Crippen LogP) is 2.27. The van der Waals surface area contributed by atoms with Gasteiger partial charge in [0.25, 0.3) is 0 Å². The molecule has 1 atom stereocenters. The standard InChI is InChI=1S/C15H21N3/c1-12-5-4-6-14(7-12)15(10-16-2)8-13-9-17-18(3)11-13/h4-7,9,11,15-16H,8,10H2,1-3H3. The first-order chi connectivity index (χ1) is 8.69. The molecule has 2 aromatic rings. The lowest BCUT2D eigenvalue weighted by Crippen LogP contribution is -2.19. The van der Waals surface area contributed by atoms with Crippen LogP contribution >= 0.6 is 0 Å². The zero-order chi connectivity index (χ0) is 13.0. The van der Waals surface area contributed by atoms with Crippen LogP contribution < -0.4 is 5.32 Å². The Hall–Kier alpha value is -1.61. The first-order valence-electron chi connectivity index (χ1n) is 6.37. The normalized spacial score (nSPS) is 12.6. The minimum Gasteiger partial charge on any atom is -0.319 e. The molecule has 0 amide bonds. The number of benzene rings is 1. The molecule has 3 nitrogen and oxygen atoms in total. The number of aromatic nitrogens is 2. The molecule has 96 valence electrons. The molecule has 0 spiro atoms. The fourth-order valence-corrected chi connectivity index (χ4v) is 2.34. The van der Waals surface area contributed by atoms with Gasteiger partial charge in [-0.3, -0.25) is 4.68 Å². The molecule has 1 heterocycles. The van der Waals surface area contributed by atoms with Crippen molar-refractivity contribution in [3.05, 3.63) is 53.3 Å². The monoisotopic (exact) mass is 243 g/mol. The molecule has 0 aliphatic carbocycles. The summed E-state index contributed by atoms with van der Waals surface area (Å²) in [5, 5.41) is 7.52. The van der Waals surface area contributed by atoms with Gasteiger partial charge < -0.3 is 5.32 Å². The summed E-state index contributed by atoms with van der Waals surface area (Å²) in [7, 11) is 3.97. The zero-order valence-electron chi connectivity index (χ0n) is 11.4. The number of hydrogen-bond donors (Lipinski definition) is 1. The molecule has 0 aliphatic rings. The number of nitrogens with one attached hydrogen (secondary N) is 1. The van der Waals surface area contributed by atoms with E-state index in [0.29, 0.717) is 5.92 Å². The number of likely N-dealkylation sites (N-methyl/N-ethyl adjacent to an activating group) is 1. The van der Waals surface area contributed by atoms with E-state index in [1.54, 1.807) is 0 Å². The van der Waals surface area contributed by atoms with Crippen LogP contribution in [0.25, 0.3) is 0 Å². The molecule has 0 aliphatic heterocycles. The molecule has 0 bridgehead atoms. The van der Waals surface area contributed by atoms with Crippen LogP contribution in [-0.4, -0.2) is 23.4 Å². The third kappa shape index (κ3) is 3.20. The number of nitrogens with zero attached hydrogens (tertiary/aromatic N) is 2. The van der Waals surface area contributed by atoms with E-state index in [-0.39, 0.29) is 0 Å². The third-order valence-corrected chi connectivity index (χ3v) is 3.20. The van der Waals surface area contributed by atoms with Gasteiger partial charge in [0.15, 0.2) is 0 Å². The minimum absolute atomic E-state index is 0.499. The van der Waals surface area contributed by atoms with E-state index in [1.807, 2.05) is 25.0 Å². The number of aryl methyl sites for hydroxylation is 2. The van der Waals surface area contributed by atoms with Gasteiger partial charge in [-0.25, -0.2) is 0 Å². The van der Waals surface area contributed by atoms with Crippen LogP contribution in [0.4, 0.5) is 0 Å². The van der Waals surface area contributed by atoms with Crippen molar-refractivity contribution in [2.45, 2.75) is 19.3 Å². The van der Waals surface area contributed by atoms with Crippen LogP contribution in [-0.2, 0) is 13.5 Å². The van der Waals surface area contributed by atoms with Crippen molar-refractivity contribution >= 4 is 0 Å². The first-order valence-corrected chi connectivity index (χ1v) is 6.37. The molecule has 1 aromatic carbocycles. The SMILES string of the molecule is CNCC(Cc1cnn(C)c1)c1cccc(C)c1. The molecule has 0 radical (unpaired) electrons. The molecular weight excluding hydrogens is 222 g/mol. The molecular formula is C15H21N3. The molecule has 1 aromatic heterocycles. The van der Waals surface area contributed by atoms with Crippen molar-refractivity contribution in [1.82, 2.24) is 15.1 Å². The molecule has 0 saturated heterocycles. The second kappa shape index (κ2) is 5.83. The summed E-state index contributed by atoms with van der Waals surface area (Å²) >= 11 is 0. The molecule has 18 heavy (non-hydrogen) atoms. The summed E-state index contributed by atoms with van der Waals surface area (Å²) in [5.41, 5.74) is 4.01. The van der Waals surface area contributed by atoms with Crippen LogP contribution in [0.5, 0.6) is 0 Å². The van der Waals surface area contributed by atoms with Gasteiger partial charge in [0.1, 0.15) is 0 Å². The lowest BCUT2D eigenvalue weighted by Gasteiger charge is -2.16. The highest BCUT2D eigenvalue weighted by Gasteiger charge is 2.12. The highest BCUT2D eigenvalue weighted by Crippen LogP contribution is 2.21. The van der Waals surface area contributed by atoms with Gasteiger partial charge in [-0.2, -0.15) is 5.10 Å². The minimum atomic E-state index is 0.499. The van der Waals surface area contributed by atoms with Gasteiger partial charge in [-0.1, -0.05) is 29.8 Å². The average molecular weight is 243 g/mol. The van der Waals surface area contributed by atoms with Gasteiger partial charge in [-0.15, -0.1) is 0 Å². The third-order valence-electron chi connectivity index (χ3n) is 3.20. The fraction of sp³-hybridized carbons (Fsp3) is 0.400. The van der Waals surface area contributed by atoms with Crippen molar-refractivity contribution in [2.75, 3.05) is 13.6 Å². The number of hydrogen-bond acceptors (Lipinski definition) is 2. The fourth-order valence-electron chi connectivity index (χ4n) is 2.34. The molecule has 0 saturated carbocycles. The lowest BCUT2D eigenvalue weighted by molar-refractivity contribution is 0.625. The van der Waals surface area contributed by atoms with Crippen LogP contribution in [0.15, 0.2) is 36.7 Å². The number of rotatable bonds is 5. The van der Waals surface area contributed by atoms with Gasteiger partial charge >= 0.3 is 0 Å². The van der Waals surface area contributed by atoms with Crippen molar-refractivity contribution < 1.29 is 0 Å². The maximum atomic E-state index is 4.24. The van der Waals surface area contributed by atoms with E-state index in [4.69, 9.17) is 0 Å².